The Balaban J connectivity index is 4.16. The van der Waals surface area contributed by atoms with Crippen LogP contribution < -0.4 is 0 Å². The van der Waals surface area contributed by atoms with Crippen molar-refractivity contribution >= 4 is 10.3 Å². The first-order valence-corrected chi connectivity index (χ1v) is 4.02. The molecule has 62 valence electrons. The average Bonchev–Trinajstić information content (AvgIpc) is 1.60. The van der Waals surface area contributed by atoms with Crippen molar-refractivity contribution in [1.29, 1.82) is 0 Å². The Morgan fingerprint density at radius 3 is 1.60 bits per heavy atom. The number of hydroxylamine groups is 2. The third-order valence-electron chi connectivity index (χ3n) is 0.690. The molecule has 0 atom stereocenters. The Labute approximate surface area is 61.4 Å². The monoisotopic (exact) mass is 168 g/mol. The fraction of sp³-hybridized carbons (Fsp3) is 1.00. The molecule has 0 fully saturated rings. The highest BCUT2D eigenvalue weighted by atomic mass is 32.2. The van der Waals surface area contributed by atoms with Crippen LogP contribution in [0.25, 0.3) is 0 Å². The van der Waals surface area contributed by atoms with E-state index in [0.717, 1.165) is 9.37 Å². The topological polar surface area (TPSA) is 49.9 Å². The van der Waals surface area contributed by atoms with E-state index in [1.807, 2.05) is 0 Å². The lowest BCUT2D eigenvalue weighted by atomic mass is 11.2. The van der Waals surface area contributed by atoms with Gasteiger partial charge < -0.3 is 0 Å². The van der Waals surface area contributed by atoms with Gasteiger partial charge in [-0.25, -0.2) is 0 Å². The highest BCUT2D eigenvalue weighted by Crippen LogP contribution is 1.96. The summed E-state index contributed by atoms with van der Waals surface area (Å²) in [7, 11) is 2.27. The molecule has 0 rings (SSSR count). The smallest absolute Gasteiger partial charge is 0.184 e. The maximum absolute atomic E-state index is 10.8. The van der Waals surface area contributed by atoms with Gasteiger partial charge in [0, 0.05) is 28.2 Å². The second-order valence-corrected chi connectivity index (χ2v) is 3.86. The fourth-order valence-electron chi connectivity index (χ4n) is 0.255. The van der Waals surface area contributed by atoms with Gasteiger partial charge in [-0.3, -0.25) is 0 Å². The summed E-state index contributed by atoms with van der Waals surface area (Å²) in [6, 6.07) is 0. The summed E-state index contributed by atoms with van der Waals surface area (Å²) in [5.74, 6) is 0. The molecule has 0 aromatic heterocycles. The van der Waals surface area contributed by atoms with Crippen LogP contribution in [0.5, 0.6) is 0 Å². The van der Waals surface area contributed by atoms with Gasteiger partial charge in [0.1, 0.15) is 0 Å². The van der Waals surface area contributed by atoms with Gasteiger partial charge in [0.25, 0.3) is 0 Å². The summed E-state index contributed by atoms with van der Waals surface area (Å²) in [4.78, 5) is 0. The lowest BCUT2D eigenvalue weighted by Crippen LogP contribution is -2.29. The molecule has 0 radical (unpaired) electrons. The standard InChI is InChI=1S/C4H12N2O3S/c1-5(2)9-10(7,8)6(3)4/h1-4H3. The SMILES string of the molecule is CN(C)OS(=O)(=O)N(C)C. The van der Waals surface area contributed by atoms with Crippen molar-refractivity contribution in [3.63, 3.8) is 0 Å². The first-order chi connectivity index (χ1) is 4.36. The molecule has 0 aliphatic rings. The van der Waals surface area contributed by atoms with Crippen molar-refractivity contribution in [2.24, 2.45) is 0 Å². The normalized spacial score (nSPS) is 13.0. The van der Waals surface area contributed by atoms with E-state index in [2.05, 4.69) is 4.28 Å². The van der Waals surface area contributed by atoms with Crippen LogP contribution in [0.1, 0.15) is 0 Å². The lowest BCUT2D eigenvalue weighted by molar-refractivity contribution is -0.00212. The molecule has 0 heterocycles. The van der Waals surface area contributed by atoms with Crippen LogP contribution in [0.3, 0.4) is 0 Å². The molecule has 0 N–H and O–H groups in total. The minimum Gasteiger partial charge on any atom is -0.184 e. The quantitative estimate of drug-likeness (QED) is 0.522. The number of hydrogen-bond acceptors (Lipinski definition) is 4. The third-order valence-corrected chi connectivity index (χ3v) is 2.07. The predicted molar refractivity (Wildman–Crippen MR) is 37.4 cm³/mol. The van der Waals surface area contributed by atoms with Crippen LogP contribution in [0, 0.1) is 0 Å². The molecule has 6 heteroatoms. The maximum Gasteiger partial charge on any atom is 0.354 e. The van der Waals surface area contributed by atoms with Crippen LogP contribution in [0.15, 0.2) is 0 Å². The van der Waals surface area contributed by atoms with Crippen molar-refractivity contribution in [1.82, 2.24) is 9.37 Å². The molecule has 0 amide bonds. The largest absolute Gasteiger partial charge is 0.354 e. The van der Waals surface area contributed by atoms with Crippen molar-refractivity contribution in [3.8, 4) is 0 Å². The summed E-state index contributed by atoms with van der Waals surface area (Å²) in [5, 5.41) is 1.12. The van der Waals surface area contributed by atoms with Gasteiger partial charge in [0.2, 0.25) is 0 Å². The second-order valence-electron chi connectivity index (χ2n) is 2.13. The van der Waals surface area contributed by atoms with E-state index in [1.54, 1.807) is 0 Å². The van der Waals surface area contributed by atoms with Gasteiger partial charge in [-0.05, 0) is 0 Å². The summed E-state index contributed by atoms with van der Waals surface area (Å²) in [5.41, 5.74) is 0. The first-order valence-electron chi connectivity index (χ1n) is 2.65. The highest BCUT2D eigenvalue weighted by molar-refractivity contribution is 7.84. The highest BCUT2D eigenvalue weighted by Gasteiger charge is 2.14. The van der Waals surface area contributed by atoms with Crippen LogP contribution in [0.2, 0.25) is 0 Å². The Bertz CT molecular complexity index is 185. The van der Waals surface area contributed by atoms with Crippen LogP contribution >= 0.6 is 0 Å². The molecule has 0 aromatic rings. The molecular formula is C4H12N2O3S. The Kier molecular flexibility index (Phi) is 3.23. The zero-order valence-electron chi connectivity index (χ0n) is 6.53. The van der Waals surface area contributed by atoms with Gasteiger partial charge in [0.05, 0.1) is 0 Å². The maximum atomic E-state index is 10.8. The molecule has 0 saturated carbocycles. The van der Waals surface area contributed by atoms with E-state index in [-0.39, 0.29) is 0 Å². The van der Waals surface area contributed by atoms with Crippen molar-refractivity contribution in [3.05, 3.63) is 0 Å². The summed E-state index contributed by atoms with van der Waals surface area (Å²) < 4.78 is 27.0. The Morgan fingerprint density at radius 2 is 1.50 bits per heavy atom. The van der Waals surface area contributed by atoms with E-state index in [0.29, 0.717) is 0 Å². The molecule has 0 bridgehead atoms. The predicted octanol–water partition coefficient (Wildman–Crippen LogP) is -0.714. The zero-order valence-corrected chi connectivity index (χ0v) is 7.34. The van der Waals surface area contributed by atoms with Crippen molar-refractivity contribution in [2.45, 2.75) is 0 Å². The third kappa shape index (κ3) is 3.11. The number of rotatable bonds is 3. The van der Waals surface area contributed by atoms with Gasteiger partial charge in [-0.1, -0.05) is 0 Å². The molecule has 0 saturated heterocycles. The zero-order chi connectivity index (χ0) is 8.36. The molecule has 0 aliphatic heterocycles. The molecule has 5 nitrogen and oxygen atoms in total. The van der Waals surface area contributed by atoms with Crippen molar-refractivity contribution < 1.29 is 12.7 Å². The average molecular weight is 168 g/mol. The molecule has 0 spiro atoms. The summed E-state index contributed by atoms with van der Waals surface area (Å²) >= 11 is 0. The Morgan fingerprint density at radius 1 is 1.10 bits per heavy atom. The summed E-state index contributed by atoms with van der Waals surface area (Å²) in [6.07, 6.45) is 0. The van der Waals surface area contributed by atoms with Gasteiger partial charge in [0.15, 0.2) is 0 Å². The van der Waals surface area contributed by atoms with Crippen molar-refractivity contribution in [2.75, 3.05) is 28.2 Å². The van der Waals surface area contributed by atoms with Gasteiger partial charge in [-0.15, -0.1) is 0 Å². The molecule has 10 heavy (non-hydrogen) atoms. The van der Waals surface area contributed by atoms with E-state index in [4.69, 9.17) is 0 Å². The van der Waals surface area contributed by atoms with E-state index >= 15 is 0 Å². The molecular weight excluding hydrogens is 156 g/mol. The number of hydrogen-bond donors (Lipinski definition) is 0. The minimum absolute atomic E-state index is 0.993. The number of nitrogens with zero attached hydrogens (tertiary/aromatic N) is 2. The van der Waals surface area contributed by atoms with E-state index < -0.39 is 10.3 Å². The minimum atomic E-state index is -3.54. The second kappa shape index (κ2) is 3.29. The molecule has 0 unspecified atom stereocenters. The van der Waals surface area contributed by atoms with E-state index in [1.165, 1.54) is 28.2 Å². The molecule has 0 aromatic carbocycles. The fourth-order valence-corrected chi connectivity index (χ4v) is 0.765. The van der Waals surface area contributed by atoms with Crippen LogP contribution in [-0.4, -0.2) is 46.0 Å². The van der Waals surface area contributed by atoms with Crippen LogP contribution in [0.4, 0.5) is 0 Å². The van der Waals surface area contributed by atoms with Crippen LogP contribution in [-0.2, 0) is 14.6 Å². The van der Waals surface area contributed by atoms with Gasteiger partial charge >= 0.3 is 10.3 Å². The van der Waals surface area contributed by atoms with E-state index in [9.17, 15) is 8.42 Å². The van der Waals surface area contributed by atoms with Gasteiger partial charge in [-0.2, -0.15) is 22.1 Å². The summed E-state index contributed by atoms with van der Waals surface area (Å²) in [6.45, 7) is 0. The first kappa shape index (κ1) is 9.83. The molecule has 0 aliphatic carbocycles. The Hall–Kier alpha value is -0.170. The lowest BCUT2D eigenvalue weighted by Gasteiger charge is -2.14.